The monoisotopic (exact) mass is 377 g/mol. The number of hydrogen-bond acceptors (Lipinski definition) is 2. The van der Waals surface area contributed by atoms with E-state index < -0.39 is 0 Å². The van der Waals surface area contributed by atoms with Crippen molar-refractivity contribution in [3.8, 4) is 0 Å². The molecule has 0 unspecified atom stereocenters. The Morgan fingerprint density at radius 3 is 2.47 bits per heavy atom. The molecule has 0 aromatic heterocycles. The maximum absolute atomic E-state index is 5.71. The van der Waals surface area contributed by atoms with Crippen molar-refractivity contribution in [2.75, 3.05) is 26.8 Å². The molecule has 5 heteroatoms. The predicted molar refractivity (Wildman–Crippen MR) is 91.3 cm³/mol. The molecular formula is C14H24IN3O. The lowest BCUT2D eigenvalue weighted by molar-refractivity contribution is 0.208. The summed E-state index contributed by atoms with van der Waals surface area (Å²) in [5.41, 5.74) is 8.39. The Morgan fingerprint density at radius 2 is 1.89 bits per heavy atom. The fourth-order valence-electron chi connectivity index (χ4n) is 1.59. The summed E-state index contributed by atoms with van der Waals surface area (Å²) in [4.78, 5) is 4.13. The van der Waals surface area contributed by atoms with E-state index in [1.807, 2.05) is 0 Å². The minimum Gasteiger partial charge on any atom is -0.383 e. The molecule has 0 heterocycles. The second-order valence-corrected chi connectivity index (χ2v) is 4.11. The highest BCUT2D eigenvalue weighted by molar-refractivity contribution is 14.0. The lowest BCUT2D eigenvalue weighted by Crippen LogP contribution is -2.33. The molecule has 0 aliphatic heterocycles. The van der Waals surface area contributed by atoms with Gasteiger partial charge in [-0.25, -0.2) is 0 Å². The zero-order chi connectivity index (χ0) is 13.2. The van der Waals surface area contributed by atoms with Crippen LogP contribution in [0.1, 0.15) is 18.1 Å². The summed E-state index contributed by atoms with van der Waals surface area (Å²) in [5.74, 6) is 0.484. The van der Waals surface area contributed by atoms with Crippen molar-refractivity contribution in [3.63, 3.8) is 0 Å². The fourth-order valence-corrected chi connectivity index (χ4v) is 1.59. The Hall–Kier alpha value is -0.820. The predicted octanol–water partition coefficient (Wildman–Crippen LogP) is 1.96. The summed E-state index contributed by atoms with van der Waals surface area (Å²) in [6, 6.07) is 8.67. The smallest absolute Gasteiger partial charge is 0.188 e. The highest BCUT2D eigenvalue weighted by Crippen LogP contribution is 2.05. The molecule has 4 nitrogen and oxygen atoms in total. The standard InChI is InChI=1S/C14H23N3O.HI/c1-3-12-4-6-13(7-5-12)8-9-16-14(15)17-10-11-18-2;/h4-7H,3,8-11H2,1-2H3,(H3,15,16,17);1H. The number of nitrogens with two attached hydrogens (primary N) is 1. The lowest BCUT2D eigenvalue weighted by atomic mass is 10.1. The molecule has 0 atom stereocenters. The second-order valence-electron chi connectivity index (χ2n) is 4.11. The van der Waals surface area contributed by atoms with Gasteiger partial charge >= 0.3 is 0 Å². The molecular weight excluding hydrogens is 353 g/mol. The fraction of sp³-hybridized carbons (Fsp3) is 0.500. The molecule has 0 radical (unpaired) electrons. The average Bonchev–Trinajstić information content (AvgIpc) is 2.40. The number of halogens is 1. The average molecular weight is 377 g/mol. The van der Waals surface area contributed by atoms with Crippen LogP contribution in [0.25, 0.3) is 0 Å². The number of benzene rings is 1. The van der Waals surface area contributed by atoms with E-state index in [0.717, 1.165) is 19.4 Å². The first-order valence-electron chi connectivity index (χ1n) is 6.36. The quantitative estimate of drug-likeness (QED) is 0.331. The summed E-state index contributed by atoms with van der Waals surface area (Å²) < 4.78 is 4.90. The van der Waals surface area contributed by atoms with Crippen molar-refractivity contribution in [3.05, 3.63) is 35.4 Å². The molecule has 0 aliphatic rings. The number of rotatable bonds is 7. The SMILES string of the molecule is CCc1ccc(CCNC(N)=NCCOC)cc1.I. The maximum Gasteiger partial charge on any atom is 0.188 e. The van der Waals surface area contributed by atoms with Crippen LogP contribution >= 0.6 is 24.0 Å². The van der Waals surface area contributed by atoms with E-state index in [1.54, 1.807) is 7.11 Å². The van der Waals surface area contributed by atoms with E-state index >= 15 is 0 Å². The third-order valence-corrected chi connectivity index (χ3v) is 2.73. The normalized spacial score (nSPS) is 10.9. The Kier molecular flexibility index (Phi) is 10.6. The number of nitrogens with zero attached hydrogens (tertiary/aromatic N) is 1. The number of methoxy groups -OCH3 is 1. The van der Waals surface area contributed by atoms with Gasteiger partial charge in [-0.1, -0.05) is 31.2 Å². The van der Waals surface area contributed by atoms with Crippen LogP contribution in [0.15, 0.2) is 29.3 Å². The lowest BCUT2D eigenvalue weighted by Gasteiger charge is -2.06. The van der Waals surface area contributed by atoms with E-state index in [0.29, 0.717) is 19.1 Å². The van der Waals surface area contributed by atoms with E-state index in [-0.39, 0.29) is 24.0 Å². The Labute approximate surface area is 132 Å². The van der Waals surface area contributed by atoms with Gasteiger partial charge < -0.3 is 15.8 Å². The van der Waals surface area contributed by atoms with Gasteiger partial charge in [0.05, 0.1) is 13.2 Å². The number of ether oxygens (including phenoxy) is 1. The molecule has 1 aromatic carbocycles. The first kappa shape index (κ1) is 18.2. The molecule has 19 heavy (non-hydrogen) atoms. The third-order valence-electron chi connectivity index (χ3n) is 2.73. The summed E-state index contributed by atoms with van der Waals surface area (Å²) in [6.07, 6.45) is 2.03. The Balaban J connectivity index is 0.00000324. The van der Waals surface area contributed by atoms with Crippen LogP contribution in [0.3, 0.4) is 0 Å². The molecule has 0 bridgehead atoms. The minimum absolute atomic E-state index is 0. The van der Waals surface area contributed by atoms with E-state index in [4.69, 9.17) is 10.5 Å². The van der Waals surface area contributed by atoms with E-state index in [1.165, 1.54) is 11.1 Å². The van der Waals surface area contributed by atoms with Gasteiger partial charge in [-0.3, -0.25) is 4.99 Å². The molecule has 0 amide bonds. The number of hydrogen-bond donors (Lipinski definition) is 2. The molecule has 3 N–H and O–H groups in total. The molecule has 0 saturated carbocycles. The molecule has 1 aromatic rings. The molecule has 108 valence electrons. The molecule has 0 aliphatic carbocycles. The van der Waals surface area contributed by atoms with Crippen molar-refractivity contribution in [2.45, 2.75) is 19.8 Å². The molecule has 0 saturated heterocycles. The number of aliphatic imine (C=N–C) groups is 1. The highest BCUT2D eigenvalue weighted by Gasteiger charge is 1.95. The van der Waals surface area contributed by atoms with Crippen LogP contribution in [0.2, 0.25) is 0 Å². The van der Waals surface area contributed by atoms with Gasteiger partial charge in [0.25, 0.3) is 0 Å². The molecule has 1 rings (SSSR count). The van der Waals surface area contributed by atoms with Crippen LogP contribution in [-0.4, -0.2) is 32.8 Å². The van der Waals surface area contributed by atoms with Gasteiger partial charge in [-0.05, 0) is 24.0 Å². The van der Waals surface area contributed by atoms with E-state index in [2.05, 4.69) is 41.5 Å². The van der Waals surface area contributed by atoms with Gasteiger partial charge in [0.15, 0.2) is 5.96 Å². The van der Waals surface area contributed by atoms with Crippen molar-refractivity contribution in [1.29, 1.82) is 0 Å². The van der Waals surface area contributed by atoms with Crippen LogP contribution in [0.4, 0.5) is 0 Å². The number of guanidine groups is 1. The van der Waals surface area contributed by atoms with Gasteiger partial charge in [0, 0.05) is 13.7 Å². The Bertz CT molecular complexity index is 365. The van der Waals surface area contributed by atoms with Crippen LogP contribution in [0, 0.1) is 0 Å². The largest absolute Gasteiger partial charge is 0.383 e. The van der Waals surface area contributed by atoms with Crippen LogP contribution < -0.4 is 11.1 Å². The third kappa shape index (κ3) is 8.05. The highest BCUT2D eigenvalue weighted by atomic mass is 127. The summed E-state index contributed by atoms with van der Waals surface area (Å²) in [6.45, 7) is 4.16. The Morgan fingerprint density at radius 1 is 1.26 bits per heavy atom. The van der Waals surface area contributed by atoms with Crippen molar-refractivity contribution in [2.24, 2.45) is 10.7 Å². The first-order chi connectivity index (χ1) is 8.76. The zero-order valence-corrected chi connectivity index (χ0v) is 14.0. The second kappa shape index (κ2) is 11.0. The molecule has 0 spiro atoms. The van der Waals surface area contributed by atoms with Gasteiger partial charge in [0.2, 0.25) is 0 Å². The van der Waals surface area contributed by atoms with Crippen molar-refractivity contribution < 1.29 is 4.74 Å². The van der Waals surface area contributed by atoms with Crippen molar-refractivity contribution in [1.82, 2.24) is 5.32 Å². The van der Waals surface area contributed by atoms with Crippen LogP contribution in [-0.2, 0) is 17.6 Å². The maximum atomic E-state index is 5.71. The summed E-state index contributed by atoms with van der Waals surface area (Å²) >= 11 is 0. The number of aryl methyl sites for hydroxylation is 1. The van der Waals surface area contributed by atoms with Gasteiger partial charge in [-0.15, -0.1) is 24.0 Å². The summed E-state index contributed by atoms with van der Waals surface area (Å²) in [7, 11) is 1.65. The van der Waals surface area contributed by atoms with Crippen molar-refractivity contribution >= 4 is 29.9 Å². The topological polar surface area (TPSA) is 59.6 Å². The van der Waals surface area contributed by atoms with Crippen LogP contribution in [0.5, 0.6) is 0 Å². The summed E-state index contributed by atoms with van der Waals surface area (Å²) in [5, 5.41) is 3.09. The first-order valence-corrected chi connectivity index (χ1v) is 6.36. The van der Waals surface area contributed by atoms with E-state index in [9.17, 15) is 0 Å². The minimum atomic E-state index is 0. The van der Waals surface area contributed by atoms with Gasteiger partial charge in [-0.2, -0.15) is 0 Å². The molecule has 0 fully saturated rings. The zero-order valence-electron chi connectivity index (χ0n) is 11.7. The van der Waals surface area contributed by atoms with Gasteiger partial charge in [0.1, 0.15) is 0 Å². The number of nitrogens with one attached hydrogen (secondary N) is 1.